The van der Waals surface area contributed by atoms with Crippen LogP contribution in [0, 0.1) is 20.8 Å². The summed E-state index contributed by atoms with van der Waals surface area (Å²) in [6, 6.07) is 13.9. The first-order valence-corrected chi connectivity index (χ1v) is 7.71. The maximum absolute atomic E-state index is 6.17. The van der Waals surface area contributed by atoms with Crippen LogP contribution in [0.3, 0.4) is 0 Å². The number of anilines is 3. The van der Waals surface area contributed by atoms with E-state index in [1.165, 1.54) is 17.5 Å². The Morgan fingerprint density at radius 1 is 0.875 bits per heavy atom. The molecule has 5 heteroatoms. The highest BCUT2D eigenvalue weighted by atomic mass is 16.5. The zero-order chi connectivity index (χ0) is 17.1. The third-order valence-corrected chi connectivity index (χ3v) is 3.57. The Labute approximate surface area is 141 Å². The van der Waals surface area contributed by atoms with Gasteiger partial charge in [0.15, 0.2) is 5.82 Å². The van der Waals surface area contributed by atoms with Gasteiger partial charge >= 0.3 is 0 Å². The first-order chi connectivity index (χ1) is 11.5. The fraction of sp³-hybridized carbons (Fsp3) is 0.158. The van der Waals surface area contributed by atoms with Crippen molar-refractivity contribution in [1.82, 2.24) is 9.97 Å². The lowest BCUT2D eigenvalue weighted by Gasteiger charge is -2.12. The van der Waals surface area contributed by atoms with Crippen molar-refractivity contribution in [3.8, 4) is 11.6 Å². The molecule has 3 N–H and O–H groups in total. The van der Waals surface area contributed by atoms with E-state index in [0.717, 1.165) is 11.3 Å². The summed E-state index contributed by atoms with van der Waals surface area (Å²) in [6.45, 7) is 6.12. The first-order valence-electron chi connectivity index (χ1n) is 7.71. The van der Waals surface area contributed by atoms with Crippen LogP contribution in [0.4, 0.5) is 17.2 Å². The van der Waals surface area contributed by atoms with Crippen molar-refractivity contribution in [2.75, 3.05) is 11.1 Å². The van der Waals surface area contributed by atoms with Gasteiger partial charge in [-0.1, -0.05) is 23.8 Å². The highest BCUT2D eigenvalue weighted by Crippen LogP contribution is 2.31. The van der Waals surface area contributed by atoms with Gasteiger partial charge in [0.05, 0.1) is 0 Å². The summed E-state index contributed by atoms with van der Waals surface area (Å²) in [5, 5.41) is 3.23. The molecule has 2 aromatic carbocycles. The van der Waals surface area contributed by atoms with Gasteiger partial charge in [0, 0.05) is 5.69 Å². The molecule has 3 rings (SSSR count). The van der Waals surface area contributed by atoms with Gasteiger partial charge in [-0.05, 0) is 56.2 Å². The highest BCUT2D eigenvalue weighted by Gasteiger charge is 2.11. The third kappa shape index (κ3) is 3.63. The van der Waals surface area contributed by atoms with Crippen molar-refractivity contribution in [3.05, 3.63) is 65.5 Å². The number of rotatable bonds is 4. The number of aromatic nitrogens is 2. The zero-order valence-corrected chi connectivity index (χ0v) is 14.0. The topological polar surface area (TPSA) is 73.1 Å². The van der Waals surface area contributed by atoms with Crippen LogP contribution in [0.5, 0.6) is 11.6 Å². The number of nitrogens with two attached hydrogens (primary N) is 1. The molecule has 0 radical (unpaired) electrons. The van der Waals surface area contributed by atoms with Crippen molar-refractivity contribution in [2.24, 2.45) is 0 Å². The van der Waals surface area contributed by atoms with E-state index in [1.807, 2.05) is 57.2 Å². The van der Waals surface area contributed by atoms with Crippen LogP contribution in [0.1, 0.15) is 16.7 Å². The lowest BCUT2D eigenvalue weighted by Crippen LogP contribution is -2.03. The second-order valence-electron chi connectivity index (χ2n) is 5.86. The normalized spacial score (nSPS) is 10.5. The van der Waals surface area contributed by atoms with E-state index in [9.17, 15) is 0 Å². The predicted molar refractivity (Wildman–Crippen MR) is 96.9 cm³/mol. The Morgan fingerprint density at radius 2 is 1.54 bits per heavy atom. The molecule has 0 aliphatic rings. The second kappa shape index (κ2) is 6.58. The van der Waals surface area contributed by atoms with Gasteiger partial charge in [0.1, 0.15) is 17.8 Å². The van der Waals surface area contributed by atoms with Crippen LogP contribution in [0.25, 0.3) is 0 Å². The van der Waals surface area contributed by atoms with Crippen LogP contribution >= 0.6 is 0 Å². The third-order valence-electron chi connectivity index (χ3n) is 3.57. The number of nitrogens with zero attached hydrogens (tertiary/aromatic N) is 2. The van der Waals surface area contributed by atoms with E-state index >= 15 is 0 Å². The molecule has 0 aliphatic carbocycles. The summed E-state index contributed by atoms with van der Waals surface area (Å²) < 4.78 is 5.77. The van der Waals surface area contributed by atoms with Crippen LogP contribution in [0.2, 0.25) is 0 Å². The lowest BCUT2D eigenvalue weighted by atomic mass is 10.1. The Morgan fingerprint density at radius 3 is 2.21 bits per heavy atom. The van der Waals surface area contributed by atoms with Crippen molar-refractivity contribution in [1.29, 1.82) is 0 Å². The Bertz CT molecular complexity index is 839. The molecule has 0 saturated heterocycles. The van der Waals surface area contributed by atoms with Crippen LogP contribution in [-0.2, 0) is 0 Å². The molecule has 1 heterocycles. The van der Waals surface area contributed by atoms with Crippen LogP contribution in [-0.4, -0.2) is 9.97 Å². The summed E-state index contributed by atoms with van der Waals surface area (Å²) >= 11 is 0. The lowest BCUT2D eigenvalue weighted by molar-refractivity contribution is 0.464. The minimum absolute atomic E-state index is 0.334. The zero-order valence-electron chi connectivity index (χ0n) is 14.0. The predicted octanol–water partition coefficient (Wildman–Crippen LogP) is 4.52. The summed E-state index contributed by atoms with van der Waals surface area (Å²) in [6.07, 6.45) is 1.44. The van der Waals surface area contributed by atoms with Gasteiger partial charge in [-0.15, -0.1) is 0 Å². The Balaban J connectivity index is 1.86. The quantitative estimate of drug-likeness (QED) is 0.739. The largest absolute Gasteiger partial charge is 0.437 e. The molecule has 0 bridgehead atoms. The fourth-order valence-electron chi connectivity index (χ4n) is 2.46. The smallest absolute Gasteiger partial charge is 0.248 e. The Hall–Kier alpha value is -3.08. The SMILES string of the molecule is Cc1ccc(Oc2ncnc(Nc3cc(C)cc(C)c3)c2N)cc1. The van der Waals surface area contributed by atoms with Crippen LogP contribution < -0.4 is 15.8 Å². The van der Waals surface area contributed by atoms with Gasteiger partial charge in [0.25, 0.3) is 0 Å². The summed E-state index contributed by atoms with van der Waals surface area (Å²) in [5.74, 6) is 1.54. The molecule has 3 aromatic rings. The van der Waals surface area contributed by atoms with Crippen molar-refractivity contribution in [2.45, 2.75) is 20.8 Å². The minimum atomic E-state index is 0.334. The van der Waals surface area contributed by atoms with Crippen LogP contribution in [0.15, 0.2) is 48.8 Å². The van der Waals surface area contributed by atoms with E-state index in [0.29, 0.717) is 23.1 Å². The van der Waals surface area contributed by atoms with Crippen molar-refractivity contribution in [3.63, 3.8) is 0 Å². The van der Waals surface area contributed by atoms with Gasteiger partial charge in [0.2, 0.25) is 5.88 Å². The average Bonchev–Trinajstić information content (AvgIpc) is 2.52. The highest BCUT2D eigenvalue weighted by molar-refractivity contribution is 5.72. The van der Waals surface area contributed by atoms with E-state index in [1.54, 1.807) is 0 Å². The number of aryl methyl sites for hydroxylation is 3. The molecule has 0 atom stereocenters. The summed E-state index contributed by atoms with van der Waals surface area (Å²) in [4.78, 5) is 8.36. The molecule has 5 nitrogen and oxygen atoms in total. The monoisotopic (exact) mass is 320 g/mol. The molecule has 0 spiro atoms. The van der Waals surface area contributed by atoms with Crippen molar-refractivity contribution >= 4 is 17.2 Å². The van der Waals surface area contributed by atoms with E-state index < -0.39 is 0 Å². The standard InChI is InChI=1S/C19H20N4O/c1-12-4-6-16(7-5-12)24-19-17(20)18(21-11-22-19)23-15-9-13(2)8-14(3)10-15/h4-11H,20H2,1-3H3,(H,21,22,23). The second-order valence-corrected chi connectivity index (χ2v) is 5.86. The molecule has 0 saturated carbocycles. The average molecular weight is 320 g/mol. The van der Waals surface area contributed by atoms with E-state index in [-0.39, 0.29) is 0 Å². The molecule has 122 valence electrons. The molecular formula is C19H20N4O. The Kier molecular flexibility index (Phi) is 4.33. The number of nitrogens with one attached hydrogen (secondary N) is 1. The molecule has 0 aliphatic heterocycles. The number of hydrogen-bond acceptors (Lipinski definition) is 5. The van der Waals surface area contributed by atoms with Gasteiger partial charge < -0.3 is 15.8 Å². The van der Waals surface area contributed by atoms with Crippen molar-refractivity contribution < 1.29 is 4.74 Å². The van der Waals surface area contributed by atoms with E-state index in [4.69, 9.17) is 10.5 Å². The number of nitrogen functional groups attached to an aromatic ring is 1. The fourth-order valence-corrected chi connectivity index (χ4v) is 2.46. The van der Waals surface area contributed by atoms with Gasteiger partial charge in [-0.2, -0.15) is 4.98 Å². The molecule has 24 heavy (non-hydrogen) atoms. The molecule has 0 unspecified atom stereocenters. The molecular weight excluding hydrogens is 300 g/mol. The summed E-state index contributed by atoms with van der Waals surface area (Å²) in [5.41, 5.74) is 11.0. The maximum Gasteiger partial charge on any atom is 0.248 e. The molecule has 0 amide bonds. The van der Waals surface area contributed by atoms with Gasteiger partial charge in [-0.3, -0.25) is 0 Å². The first kappa shape index (κ1) is 15.8. The van der Waals surface area contributed by atoms with Gasteiger partial charge in [-0.25, -0.2) is 4.98 Å². The minimum Gasteiger partial charge on any atom is -0.437 e. The number of benzene rings is 2. The van der Waals surface area contributed by atoms with E-state index in [2.05, 4.69) is 21.4 Å². The molecule has 1 aromatic heterocycles. The number of ether oxygens (including phenoxy) is 1. The number of hydrogen-bond donors (Lipinski definition) is 2. The maximum atomic E-state index is 6.17. The summed E-state index contributed by atoms with van der Waals surface area (Å²) in [7, 11) is 0. The molecule has 0 fully saturated rings.